The Bertz CT molecular complexity index is 461. The first-order valence-corrected chi connectivity index (χ1v) is 7.56. The topological polar surface area (TPSA) is 61.8 Å². The van der Waals surface area contributed by atoms with E-state index in [2.05, 4.69) is 5.32 Å². The fourth-order valence-corrected chi connectivity index (χ4v) is 2.66. The van der Waals surface area contributed by atoms with Crippen LogP contribution in [0.15, 0.2) is 24.3 Å². The monoisotopic (exact) mass is 292 g/mol. The van der Waals surface area contributed by atoms with E-state index in [4.69, 9.17) is 4.74 Å². The maximum Gasteiger partial charge on any atom is 0.318 e. The van der Waals surface area contributed by atoms with Crippen LogP contribution in [0.2, 0.25) is 0 Å². The summed E-state index contributed by atoms with van der Waals surface area (Å²) in [4.78, 5) is 14.0. The molecule has 21 heavy (non-hydrogen) atoms. The fourth-order valence-electron chi connectivity index (χ4n) is 2.66. The van der Waals surface area contributed by atoms with Crippen LogP contribution in [0, 0.1) is 0 Å². The molecule has 0 saturated carbocycles. The average molecular weight is 292 g/mol. The second kappa shape index (κ2) is 7.31. The predicted octanol–water partition coefficient (Wildman–Crippen LogP) is 2.31. The first-order chi connectivity index (χ1) is 10.2. The molecule has 1 aliphatic heterocycles. The Hall–Kier alpha value is -1.75. The van der Waals surface area contributed by atoms with Crippen molar-refractivity contribution in [1.82, 2.24) is 10.2 Å². The molecule has 116 valence electrons. The molecule has 1 fully saturated rings. The van der Waals surface area contributed by atoms with Crippen LogP contribution < -0.4 is 10.1 Å². The lowest BCUT2D eigenvalue weighted by Crippen LogP contribution is -2.44. The van der Waals surface area contributed by atoms with Crippen molar-refractivity contribution in [3.63, 3.8) is 0 Å². The van der Waals surface area contributed by atoms with Crippen LogP contribution in [0.25, 0.3) is 0 Å². The molecule has 5 nitrogen and oxygen atoms in total. The standard InChI is InChI=1S/C16H24N2O3/c1-3-21-15-8-6-13(7-9-15)12(2)17-16(20)18-10-4-5-14(18)11-19/h6-9,12,14,19H,3-5,10-11H2,1-2H3,(H,17,20)/t12?,14-/m0/s1. The molecule has 1 aromatic rings. The van der Waals surface area contributed by atoms with E-state index in [-0.39, 0.29) is 24.7 Å². The number of aliphatic hydroxyl groups excluding tert-OH is 1. The van der Waals surface area contributed by atoms with Gasteiger partial charge in [-0.15, -0.1) is 0 Å². The highest BCUT2D eigenvalue weighted by atomic mass is 16.5. The third kappa shape index (κ3) is 3.88. The molecule has 1 aromatic carbocycles. The first-order valence-electron chi connectivity index (χ1n) is 7.56. The molecule has 1 unspecified atom stereocenters. The van der Waals surface area contributed by atoms with Gasteiger partial charge in [-0.3, -0.25) is 0 Å². The Morgan fingerprint density at radius 3 is 2.81 bits per heavy atom. The highest BCUT2D eigenvalue weighted by Gasteiger charge is 2.28. The van der Waals surface area contributed by atoms with Crippen LogP contribution in [0.3, 0.4) is 0 Å². The molecule has 1 aliphatic rings. The number of benzene rings is 1. The minimum atomic E-state index is -0.104. The van der Waals surface area contributed by atoms with E-state index in [0.29, 0.717) is 13.2 Å². The Labute approximate surface area is 125 Å². The van der Waals surface area contributed by atoms with E-state index < -0.39 is 0 Å². The van der Waals surface area contributed by atoms with Gasteiger partial charge in [0, 0.05) is 6.54 Å². The SMILES string of the molecule is CCOc1ccc(C(C)NC(=O)N2CCC[C@H]2CO)cc1. The number of carbonyl (C=O) groups excluding carboxylic acids is 1. The van der Waals surface area contributed by atoms with E-state index in [0.717, 1.165) is 24.2 Å². The van der Waals surface area contributed by atoms with Crippen molar-refractivity contribution >= 4 is 6.03 Å². The highest BCUT2D eigenvalue weighted by Crippen LogP contribution is 2.20. The molecule has 0 spiro atoms. The van der Waals surface area contributed by atoms with Crippen LogP contribution in [-0.4, -0.2) is 41.8 Å². The lowest BCUT2D eigenvalue weighted by Gasteiger charge is -2.25. The molecule has 2 amide bonds. The third-order valence-electron chi connectivity index (χ3n) is 3.88. The number of nitrogens with one attached hydrogen (secondary N) is 1. The number of amides is 2. The van der Waals surface area contributed by atoms with E-state index in [1.807, 2.05) is 38.1 Å². The molecule has 2 N–H and O–H groups in total. The lowest BCUT2D eigenvalue weighted by atomic mass is 10.1. The van der Waals surface area contributed by atoms with Crippen LogP contribution in [0.4, 0.5) is 4.79 Å². The molecule has 2 rings (SSSR count). The van der Waals surface area contributed by atoms with Gasteiger partial charge in [0.05, 0.1) is 25.3 Å². The number of likely N-dealkylation sites (tertiary alicyclic amines) is 1. The second-order valence-electron chi connectivity index (χ2n) is 5.35. The van der Waals surface area contributed by atoms with Crippen molar-refractivity contribution < 1.29 is 14.6 Å². The number of hydrogen-bond donors (Lipinski definition) is 2. The molecular weight excluding hydrogens is 268 g/mol. The van der Waals surface area contributed by atoms with Crippen LogP contribution in [-0.2, 0) is 0 Å². The number of carbonyl (C=O) groups is 1. The Balaban J connectivity index is 1.94. The summed E-state index contributed by atoms with van der Waals surface area (Å²) in [7, 11) is 0. The van der Waals surface area contributed by atoms with Crippen molar-refractivity contribution in [2.75, 3.05) is 19.8 Å². The Morgan fingerprint density at radius 2 is 2.19 bits per heavy atom. The molecule has 0 bridgehead atoms. The van der Waals surface area contributed by atoms with Crippen LogP contribution >= 0.6 is 0 Å². The summed E-state index contributed by atoms with van der Waals surface area (Å²) in [5, 5.41) is 12.3. The van der Waals surface area contributed by atoms with Gasteiger partial charge in [-0.2, -0.15) is 0 Å². The number of ether oxygens (including phenoxy) is 1. The molecule has 5 heteroatoms. The smallest absolute Gasteiger partial charge is 0.318 e. The Kier molecular flexibility index (Phi) is 5.44. The molecular formula is C16H24N2O3. The zero-order valence-corrected chi connectivity index (χ0v) is 12.7. The number of nitrogens with zero attached hydrogens (tertiary/aromatic N) is 1. The maximum absolute atomic E-state index is 12.2. The zero-order chi connectivity index (χ0) is 15.2. The van der Waals surface area contributed by atoms with Gasteiger partial charge in [0.15, 0.2) is 0 Å². The average Bonchev–Trinajstić information content (AvgIpc) is 2.97. The van der Waals surface area contributed by atoms with Gasteiger partial charge < -0.3 is 20.1 Å². The number of rotatable bonds is 5. The Morgan fingerprint density at radius 1 is 1.48 bits per heavy atom. The predicted molar refractivity (Wildman–Crippen MR) is 81.4 cm³/mol. The number of aliphatic hydroxyl groups is 1. The molecule has 1 heterocycles. The largest absolute Gasteiger partial charge is 0.494 e. The fraction of sp³-hybridized carbons (Fsp3) is 0.562. The maximum atomic E-state index is 12.2. The van der Waals surface area contributed by atoms with Gasteiger partial charge in [0.25, 0.3) is 0 Å². The number of urea groups is 1. The first kappa shape index (κ1) is 15.6. The minimum Gasteiger partial charge on any atom is -0.494 e. The third-order valence-corrected chi connectivity index (χ3v) is 3.88. The van der Waals surface area contributed by atoms with Crippen molar-refractivity contribution in [3.8, 4) is 5.75 Å². The summed E-state index contributed by atoms with van der Waals surface area (Å²) in [6, 6.07) is 7.52. The number of hydrogen-bond acceptors (Lipinski definition) is 3. The van der Waals surface area contributed by atoms with Gasteiger partial charge >= 0.3 is 6.03 Å². The summed E-state index contributed by atoms with van der Waals surface area (Å²) in [5.41, 5.74) is 1.03. The summed E-state index contributed by atoms with van der Waals surface area (Å²) < 4.78 is 5.41. The zero-order valence-electron chi connectivity index (χ0n) is 12.7. The van der Waals surface area contributed by atoms with Gasteiger partial charge in [-0.25, -0.2) is 4.79 Å². The van der Waals surface area contributed by atoms with Crippen molar-refractivity contribution in [1.29, 1.82) is 0 Å². The quantitative estimate of drug-likeness (QED) is 0.875. The molecule has 0 aliphatic carbocycles. The minimum absolute atomic E-state index is 0.0326. The molecule has 0 aromatic heterocycles. The normalized spacial score (nSPS) is 19.4. The van der Waals surface area contributed by atoms with E-state index in [1.165, 1.54) is 0 Å². The molecule has 0 radical (unpaired) electrons. The molecule has 1 saturated heterocycles. The van der Waals surface area contributed by atoms with Crippen molar-refractivity contribution in [2.24, 2.45) is 0 Å². The van der Waals surface area contributed by atoms with Gasteiger partial charge in [0.1, 0.15) is 5.75 Å². The van der Waals surface area contributed by atoms with Crippen LogP contribution in [0.1, 0.15) is 38.3 Å². The van der Waals surface area contributed by atoms with Gasteiger partial charge in [0.2, 0.25) is 0 Å². The van der Waals surface area contributed by atoms with Crippen molar-refractivity contribution in [3.05, 3.63) is 29.8 Å². The second-order valence-corrected chi connectivity index (χ2v) is 5.35. The summed E-state index contributed by atoms with van der Waals surface area (Å²) in [6.45, 7) is 5.29. The van der Waals surface area contributed by atoms with Gasteiger partial charge in [-0.1, -0.05) is 12.1 Å². The van der Waals surface area contributed by atoms with E-state index in [9.17, 15) is 9.90 Å². The highest BCUT2D eigenvalue weighted by molar-refractivity contribution is 5.75. The van der Waals surface area contributed by atoms with E-state index >= 15 is 0 Å². The summed E-state index contributed by atoms with van der Waals surface area (Å²) >= 11 is 0. The summed E-state index contributed by atoms with van der Waals surface area (Å²) in [5.74, 6) is 0.833. The summed E-state index contributed by atoms with van der Waals surface area (Å²) in [6.07, 6.45) is 1.83. The lowest BCUT2D eigenvalue weighted by molar-refractivity contribution is 0.155. The van der Waals surface area contributed by atoms with Crippen molar-refractivity contribution in [2.45, 2.75) is 38.8 Å². The van der Waals surface area contributed by atoms with Gasteiger partial charge in [-0.05, 0) is 44.4 Å². The van der Waals surface area contributed by atoms with Crippen LogP contribution in [0.5, 0.6) is 5.75 Å². The van der Waals surface area contributed by atoms with E-state index in [1.54, 1.807) is 4.90 Å². The molecule has 2 atom stereocenters.